The fourth-order valence-corrected chi connectivity index (χ4v) is 4.60. The SMILES string of the molecule is Cc1ccc(OCCOC(=O)NNc2ccc(C)cc2S(=O)(=O)c2ccccc2)c(C)c1. The van der Waals surface area contributed by atoms with Gasteiger partial charge in [0.25, 0.3) is 0 Å². The molecular weight excluding hydrogens is 428 g/mol. The zero-order valence-corrected chi connectivity index (χ0v) is 19.0. The third kappa shape index (κ3) is 5.79. The topological polar surface area (TPSA) is 93.7 Å². The summed E-state index contributed by atoms with van der Waals surface area (Å²) in [4.78, 5) is 12.3. The Morgan fingerprint density at radius 2 is 1.56 bits per heavy atom. The molecule has 0 radical (unpaired) electrons. The molecule has 8 heteroatoms. The smallest absolute Gasteiger partial charge is 0.426 e. The van der Waals surface area contributed by atoms with Gasteiger partial charge in [-0.3, -0.25) is 5.43 Å². The number of ether oxygens (including phenoxy) is 2. The van der Waals surface area contributed by atoms with Gasteiger partial charge >= 0.3 is 6.09 Å². The lowest BCUT2D eigenvalue weighted by Gasteiger charge is -2.15. The van der Waals surface area contributed by atoms with Crippen LogP contribution in [-0.2, 0) is 14.6 Å². The summed E-state index contributed by atoms with van der Waals surface area (Å²) < 4.78 is 36.8. The summed E-state index contributed by atoms with van der Waals surface area (Å²) in [6.45, 7) is 5.97. The molecule has 0 atom stereocenters. The molecule has 0 bridgehead atoms. The van der Waals surface area contributed by atoms with Crippen molar-refractivity contribution in [3.63, 3.8) is 0 Å². The molecule has 3 aromatic carbocycles. The highest BCUT2D eigenvalue weighted by Gasteiger charge is 2.21. The van der Waals surface area contributed by atoms with E-state index in [0.29, 0.717) is 0 Å². The van der Waals surface area contributed by atoms with Crippen LogP contribution in [0.2, 0.25) is 0 Å². The van der Waals surface area contributed by atoms with Crippen molar-refractivity contribution in [2.45, 2.75) is 30.6 Å². The van der Waals surface area contributed by atoms with Gasteiger partial charge in [0, 0.05) is 0 Å². The van der Waals surface area contributed by atoms with Gasteiger partial charge in [0.05, 0.1) is 15.5 Å². The Bertz CT molecular complexity index is 1190. The molecule has 3 aromatic rings. The minimum atomic E-state index is -3.77. The van der Waals surface area contributed by atoms with Crippen molar-refractivity contribution in [2.75, 3.05) is 18.6 Å². The molecule has 0 aromatic heterocycles. The van der Waals surface area contributed by atoms with E-state index < -0.39 is 15.9 Å². The molecule has 2 N–H and O–H groups in total. The van der Waals surface area contributed by atoms with Crippen LogP contribution < -0.4 is 15.6 Å². The molecule has 32 heavy (non-hydrogen) atoms. The van der Waals surface area contributed by atoms with E-state index >= 15 is 0 Å². The first kappa shape index (κ1) is 23.1. The quantitative estimate of drug-likeness (QED) is 0.382. The minimum Gasteiger partial charge on any atom is -0.490 e. The van der Waals surface area contributed by atoms with E-state index in [-0.39, 0.29) is 28.7 Å². The van der Waals surface area contributed by atoms with E-state index in [1.165, 1.54) is 12.1 Å². The van der Waals surface area contributed by atoms with Crippen molar-refractivity contribution in [3.8, 4) is 5.75 Å². The van der Waals surface area contributed by atoms with Crippen LogP contribution in [0.25, 0.3) is 0 Å². The van der Waals surface area contributed by atoms with Crippen molar-refractivity contribution < 1.29 is 22.7 Å². The molecule has 0 aliphatic rings. The summed E-state index contributed by atoms with van der Waals surface area (Å²) in [5.41, 5.74) is 8.17. The third-order valence-corrected chi connectivity index (χ3v) is 6.49. The van der Waals surface area contributed by atoms with Crippen molar-refractivity contribution in [3.05, 3.63) is 83.4 Å². The molecule has 1 amide bonds. The van der Waals surface area contributed by atoms with E-state index in [4.69, 9.17) is 9.47 Å². The van der Waals surface area contributed by atoms with Crippen molar-refractivity contribution in [1.82, 2.24) is 5.43 Å². The van der Waals surface area contributed by atoms with Crippen LogP contribution in [0, 0.1) is 20.8 Å². The molecule has 3 rings (SSSR count). The maximum absolute atomic E-state index is 13.0. The number of amides is 1. The van der Waals surface area contributed by atoms with Gasteiger partial charge in [0.15, 0.2) is 0 Å². The number of nitrogens with one attached hydrogen (secondary N) is 2. The van der Waals surface area contributed by atoms with Crippen molar-refractivity contribution in [2.24, 2.45) is 0 Å². The molecule has 0 saturated carbocycles. The average Bonchev–Trinajstić information content (AvgIpc) is 2.77. The van der Waals surface area contributed by atoms with E-state index in [0.717, 1.165) is 22.4 Å². The van der Waals surface area contributed by atoms with Crippen LogP contribution in [0.3, 0.4) is 0 Å². The van der Waals surface area contributed by atoms with Gasteiger partial charge < -0.3 is 9.47 Å². The molecule has 7 nitrogen and oxygen atoms in total. The summed E-state index contributed by atoms with van der Waals surface area (Å²) >= 11 is 0. The van der Waals surface area contributed by atoms with Crippen LogP contribution in [0.1, 0.15) is 16.7 Å². The van der Waals surface area contributed by atoms with Gasteiger partial charge in [-0.2, -0.15) is 0 Å². The molecule has 0 unspecified atom stereocenters. The van der Waals surface area contributed by atoms with Gasteiger partial charge in [0.2, 0.25) is 9.84 Å². The van der Waals surface area contributed by atoms with Crippen molar-refractivity contribution >= 4 is 21.6 Å². The number of hydrazine groups is 1. The van der Waals surface area contributed by atoms with Gasteiger partial charge in [-0.25, -0.2) is 18.6 Å². The lowest BCUT2D eigenvalue weighted by atomic mass is 10.1. The molecular formula is C24H26N2O5S. The Balaban J connectivity index is 1.58. The predicted molar refractivity (Wildman–Crippen MR) is 123 cm³/mol. The molecule has 0 saturated heterocycles. The number of anilines is 1. The number of sulfone groups is 1. The van der Waals surface area contributed by atoms with Crippen LogP contribution in [0.5, 0.6) is 5.75 Å². The van der Waals surface area contributed by atoms with Crippen LogP contribution in [0.15, 0.2) is 76.5 Å². The highest BCUT2D eigenvalue weighted by molar-refractivity contribution is 7.91. The summed E-state index contributed by atoms with van der Waals surface area (Å²) in [5, 5.41) is 0. The maximum atomic E-state index is 13.0. The normalized spacial score (nSPS) is 11.0. The molecule has 0 aliphatic carbocycles. The largest absolute Gasteiger partial charge is 0.490 e. The molecule has 168 valence electrons. The monoisotopic (exact) mass is 454 g/mol. The first-order valence-electron chi connectivity index (χ1n) is 10.1. The Hall–Kier alpha value is -3.52. The van der Waals surface area contributed by atoms with Gasteiger partial charge in [-0.15, -0.1) is 0 Å². The van der Waals surface area contributed by atoms with E-state index in [1.54, 1.807) is 43.3 Å². The minimum absolute atomic E-state index is 0.0316. The van der Waals surface area contributed by atoms with Crippen LogP contribution in [-0.4, -0.2) is 27.7 Å². The second kappa shape index (κ2) is 10.2. The number of hydrogen-bond acceptors (Lipinski definition) is 6. The van der Waals surface area contributed by atoms with E-state index in [1.807, 2.05) is 32.0 Å². The molecule has 0 spiro atoms. The molecule has 0 heterocycles. The maximum Gasteiger partial charge on any atom is 0.426 e. The first-order chi connectivity index (χ1) is 15.3. The summed E-state index contributed by atoms with van der Waals surface area (Å²) in [6, 6.07) is 18.8. The fraction of sp³-hybridized carbons (Fsp3) is 0.208. The Kier molecular flexibility index (Phi) is 7.37. The number of carbonyl (C=O) groups is 1. The Morgan fingerprint density at radius 3 is 2.28 bits per heavy atom. The lowest BCUT2D eigenvalue weighted by molar-refractivity contribution is 0.126. The Morgan fingerprint density at radius 1 is 0.875 bits per heavy atom. The average molecular weight is 455 g/mol. The zero-order chi connectivity index (χ0) is 23.1. The number of carbonyl (C=O) groups excluding carboxylic acids is 1. The van der Waals surface area contributed by atoms with Crippen molar-refractivity contribution in [1.29, 1.82) is 0 Å². The molecule has 0 aliphatic heterocycles. The predicted octanol–water partition coefficient (Wildman–Crippen LogP) is 4.58. The highest BCUT2D eigenvalue weighted by Crippen LogP contribution is 2.28. The second-order valence-electron chi connectivity index (χ2n) is 7.32. The third-order valence-electron chi connectivity index (χ3n) is 4.68. The van der Waals surface area contributed by atoms with Gasteiger partial charge in [-0.1, -0.05) is 42.0 Å². The van der Waals surface area contributed by atoms with Crippen LogP contribution >= 0.6 is 0 Å². The number of hydrogen-bond donors (Lipinski definition) is 2. The van der Waals surface area contributed by atoms with Crippen LogP contribution in [0.4, 0.5) is 10.5 Å². The summed E-state index contributed by atoms with van der Waals surface area (Å²) in [7, 11) is -3.77. The standard InChI is InChI=1S/C24H26N2O5S/c1-17-10-12-22(19(3)15-17)30-13-14-31-24(27)26-25-21-11-9-18(2)16-23(21)32(28,29)20-7-5-4-6-8-20/h4-12,15-16,25H,13-14H2,1-3H3,(H,26,27). The number of rotatable bonds is 8. The fourth-order valence-electron chi connectivity index (χ4n) is 3.08. The summed E-state index contributed by atoms with van der Waals surface area (Å²) in [6.07, 6.45) is -0.752. The molecule has 0 fully saturated rings. The van der Waals surface area contributed by atoms with Gasteiger partial charge in [-0.05, 0) is 62.2 Å². The second-order valence-corrected chi connectivity index (χ2v) is 9.24. The number of benzene rings is 3. The lowest BCUT2D eigenvalue weighted by Crippen LogP contribution is -2.31. The number of aryl methyl sites for hydroxylation is 3. The highest BCUT2D eigenvalue weighted by atomic mass is 32.2. The Labute approximate surface area is 188 Å². The summed E-state index contributed by atoms with van der Waals surface area (Å²) in [5.74, 6) is 0.730. The first-order valence-corrected chi connectivity index (χ1v) is 11.6. The van der Waals surface area contributed by atoms with Gasteiger partial charge in [0.1, 0.15) is 19.0 Å². The zero-order valence-electron chi connectivity index (χ0n) is 18.2. The van der Waals surface area contributed by atoms with E-state index in [9.17, 15) is 13.2 Å². The van der Waals surface area contributed by atoms with E-state index in [2.05, 4.69) is 10.9 Å².